The van der Waals surface area contributed by atoms with Gasteiger partial charge < -0.3 is 11.1 Å². The van der Waals surface area contributed by atoms with Crippen LogP contribution in [-0.2, 0) is 0 Å². The normalized spacial score (nSPS) is 18.3. The smallest absolute Gasteiger partial charge is 0.0579 e. The van der Waals surface area contributed by atoms with Crippen LogP contribution in [0.4, 0.5) is 11.4 Å². The van der Waals surface area contributed by atoms with Crippen molar-refractivity contribution in [2.45, 2.75) is 25.3 Å². The van der Waals surface area contributed by atoms with Crippen LogP contribution in [0.2, 0.25) is 5.02 Å². The molecule has 0 radical (unpaired) electrons. The van der Waals surface area contributed by atoms with Gasteiger partial charge in [-0.2, -0.15) is 0 Å². The van der Waals surface area contributed by atoms with Gasteiger partial charge in [-0.1, -0.05) is 11.6 Å². The maximum atomic E-state index is 5.81. The first-order valence-electron chi connectivity index (χ1n) is 4.42. The molecule has 70 valence electrons. The Kier molecular flexibility index (Phi) is 1.88. The molecular formula is C10H13ClN2. The van der Waals surface area contributed by atoms with Gasteiger partial charge in [0.05, 0.1) is 11.4 Å². The Hall–Kier alpha value is -0.890. The first kappa shape index (κ1) is 8.70. The molecule has 0 heterocycles. The summed E-state index contributed by atoms with van der Waals surface area (Å²) in [6.07, 6.45) is 2.43. The molecule has 13 heavy (non-hydrogen) atoms. The van der Waals surface area contributed by atoms with Gasteiger partial charge in [0.2, 0.25) is 0 Å². The van der Waals surface area contributed by atoms with E-state index in [0.29, 0.717) is 5.02 Å². The number of nitrogens with one attached hydrogen (secondary N) is 1. The summed E-state index contributed by atoms with van der Waals surface area (Å²) in [5.41, 5.74) is 7.79. The predicted molar refractivity (Wildman–Crippen MR) is 57.1 cm³/mol. The van der Waals surface area contributed by atoms with E-state index in [0.717, 1.165) is 11.4 Å². The number of hydrogen-bond donors (Lipinski definition) is 2. The summed E-state index contributed by atoms with van der Waals surface area (Å²) in [6, 6.07) is 5.56. The number of benzene rings is 1. The number of halogens is 1. The van der Waals surface area contributed by atoms with Gasteiger partial charge in [0.15, 0.2) is 0 Å². The molecule has 0 saturated heterocycles. The van der Waals surface area contributed by atoms with Gasteiger partial charge in [-0.3, -0.25) is 0 Å². The van der Waals surface area contributed by atoms with Crippen LogP contribution in [0.15, 0.2) is 18.2 Å². The zero-order chi connectivity index (χ0) is 9.47. The standard InChI is InChI=1S/C10H13ClN2/c1-10(4-5-10)13-9-3-2-7(11)6-8(9)12/h2-3,6,13H,4-5,12H2,1H3. The first-order chi connectivity index (χ1) is 6.09. The van der Waals surface area contributed by atoms with Crippen LogP contribution in [-0.4, -0.2) is 5.54 Å². The zero-order valence-corrected chi connectivity index (χ0v) is 8.36. The molecule has 0 unspecified atom stereocenters. The van der Waals surface area contributed by atoms with Gasteiger partial charge in [-0.05, 0) is 38.0 Å². The van der Waals surface area contributed by atoms with Crippen molar-refractivity contribution in [3.8, 4) is 0 Å². The van der Waals surface area contributed by atoms with Crippen LogP contribution in [0.1, 0.15) is 19.8 Å². The minimum atomic E-state index is 0.266. The Balaban J connectivity index is 2.20. The molecule has 1 saturated carbocycles. The molecule has 1 aromatic rings. The number of nitrogens with two attached hydrogens (primary N) is 1. The van der Waals surface area contributed by atoms with Crippen molar-refractivity contribution in [2.75, 3.05) is 11.1 Å². The second kappa shape index (κ2) is 2.81. The molecule has 0 bridgehead atoms. The molecule has 1 fully saturated rings. The third kappa shape index (κ3) is 1.89. The van der Waals surface area contributed by atoms with Crippen molar-refractivity contribution in [2.24, 2.45) is 0 Å². The fraction of sp³-hybridized carbons (Fsp3) is 0.400. The fourth-order valence-electron chi connectivity index (χ4n) is 1.29. The molecule has 0 aromatic heterocycles. The summed E-state index contributed by atoms with van der Waals surface area (Å²) in [6.45, 7) is 2.20. The van der Waals surface area contributed by atoms with Gasteiger partial charge in [-0.25, -0.2) is 0 Å². The summed E-state index contributed by atoms with van der Waals surface area (Å²) in [5, 5.41) is 4.09. The average molecular weight is 197 g/mol. The lowest BCUT2D eigenvalue weighted by molar-refractivity contribution is 0.830. The van der Waals surface area contributed by atoms with Gasteiger partial charge in [-0.15, -0.1) is 0 Å². The predicted octanol–water partition coefficient (Wildman–Crippen LogP) is 2.89. The minimum Gasteiger partial charge on any atom is -0.397 e. The number of rotatable bonds is 2. The topological polar surface area (TPSA) is 38.0 Å². The van der Waals surface area contributed by atoms with Gasteiger partial charge >= 0.3 is 0 Å². The second-order valence-electron chi connectivity index (χ2n) is 3.92. The number of nitrogen functional groups attached to an aromatic ring is 1. The number of hydrogen-bond acceptors (Lipinski definition) is 2. The third-order valence-corrected chi connectivity index (χ3v) is 2.69. The Bertz CT molecular complexity index is 332. The Morgan fingerprint density at radius 1 is 1.46 bits per heavy atom. The molecule has 2 nitrogen and oxygen atoms in total. The number of anilines is 2. The lowest BCUT2D eigenvalue weighted by atomic mass is 10.2. The first-order valence-corrected chi connectivity index (χ1v) is 4.80. The van der Waals surface area contributed by atoms with Gasteiger partial charge in [0.25, 0.3) is 0 Å². The van der Waals surface area contributed by atoms with Crippen molar-refractivity contribution in [3.05, 3.63) is 23.2 Å². The van der Waals surface area contributed by atoms with Crippen molar-refractivity contribution >= 4 is 23.0 Å². The van der Waals surface area contributed by atoms with Crippen LogP contribution in [0.5, 0.6) is 0 Å². The summed E-state index contributed by atoms with van der Waals surface area (Å²) >= 11 is 5.80. The molecule has 1 aromatic carbocycles. The lowest BCUT2D eigenvalue weighted by Crippen LogP contribution is -2.16. The highest BCUT2D eigenvalue weighted by Gasteiger charge is 2.37. The largest absolute Gasteiger partial charge is 0.397 e. The van der Waals surface area contributed by atoms with Crippen LogP contribution in [0, 0.1) is 0 Å². The Morgan fingerprint density at radius 3 is 2.69 bits per heavy atom. The van der Waals surface area contributed by atoms with E-state index in [1.807, 2.05) is 12.1 Å². The minimum absolute atomic E-state index is 0.266. The van der Waals surface area contributed by atoms with E-state index in [1.165, 1.54) is 12.8 Å². The maximum absolute atomic E-state index is 5.81. The summed E-state index contributed by atoms with van der Waals surface area (Å²) < 4.78 is 0. The van der Waals surface area contributed by atoms with Crippen LogP contribution < -0.4 is 11.1 Å². The lowest BCUT2D eigenvalue weighted by Gasteiger charge is -2.15. The van der Waals surface area contributed by atoms with Crippen LogP contribution in [0.3, 0.4) is 0 Å². The monoisotopic (exact) mass is 196 g/mol. The molecule has 0 aliphatic heterocycles. The quantitative estimate of drug-likeness (QED) is 0.714. The maximum Gasteiger partial charge on any atom is 0.0579 e. The summed E-state index contributed by atoms with van der Waals surface area (Å²) in [5.74, 6) is 0. The van der Waals surface area contributed by atoms with E-state index < -0.39 is 0 Å². The van der Waals surface area contributed by atoms with E-state index in [4.69, 9.17) is 17.3 Å². The Labute approximate surface area is 83.1 Å². The van der Waals surface area contributed by atoms with E-state index in [-0.39, 0.29) is 5.54 Å². The molecule has 0 spiro atoms. The van der Waals surface area contributed by atoms with E-state index >= 15 is 0 Å². The van der Waals surface area contributed by atoms with E-state index in [9.17, 15) is 0 Å². The highest BCUT2D eigenvalue weighted by Crippen LogP contribution is 2.39. The van der Waals surface area contributed by atoms with Crippen LogP contribution >= 0.6 is 11.6 Å². The zero-order valence-electron chi connectivity index (χ0n) is 7.60. The van der Waals surface area contributed by atoms with Crippen molar-refractivity contribution in [1.29, 1.82) is 0 Å². The highest BCUT2D eigenvalue weighted by atomic mass is 35.5. The molecule has 1 aliphatic rings. The van der Waals surface area contributed by atoms with E-state index in [2.05, 4.69) is 12.2 Å². The second-order valence-corrected chi connectivity index (χ2v) is 4.35. The SMILES string of the molecule is CC1(Nc2ccc(Cl)cc2N)CC1. The van der Waals surface area contributed by atoms with Crippen molar-refractivity contribution in [3.63, 3.8) is 0 Å². The van der Waals surface area contributed by atoms with Crippen LogP contribution in [0.25, 0.3) is 0 Å². The average Bonchev–Trinajstić information content (AvgIpc) is 2.75. The van der Waals surface area contributed by atoms with Gasteiger partial charge in [0.1, 0.15) is 0 Å². The third-order valence-electron chi connectivity index (χ3n) is 2.45. The molecule has 0 amide bonds. The summed E-state index contributed by atoms with van der Waals surface area (Å²) in [7, 11) is 0. The van der Waals surface area contributed by atoms with Crippen molar-refractivity contribution in [1.82, 2.24) is 0 Å². The Morgan fingerprint density at radius 2 is 2.15 bits per heavy atom. The molecule has 1 aliphatic carbocycles. The molecule has 3 N–H and O–H groups in total. The molecule has 3 heteroatoms. The summed E-state index contributed by atoms with van der Waals surface area (Å²) in [4.78, 5) is 0. The molecule has 2 rings (SSSR count). The fourth-order valence-corrected chi connectivity index (χ4v) is 1.47. The molecule has 0 atom stereocenters. The van der Waals surface area contributed by atoms with Gasteiger partial charge in [0, 0.05) is 10.6 Å². The van der Waals surface area contributed by atoms with Crippen molar-refractivity contribution < 1.29 is 0 Å². The molecular weight excluding hydrogens is 184 g/mol. The van der Waals surface area contributed by atoms with E-state index in [1.54, 1.807) is 6.07 Å². The highest BCUT2D eigenvalue weighted by molar-refractivity contribution is 6.31.